The molecule has 26 heavy (non-hydrogen) atoms. The second-order valence-electron chi connectivity index (χ2n) is 5.83. The number of benzene rings is 2. The van der Waals surface area contributed by atoms with Gasteiger partial charge >= 0.3 is 0 Å². The van der Waals surface area contributed by atoms with Crippen LogP contribution < -0.4 is 10.6 Å². The molecule has 0 bridgehead atoms. The van der Waals surface area contributed by atoms with E-state index < -0.39 is 0 Å². The Morgan fingerprint density at radius 2 is 1.92 bits per heavy atom. The van der Waals surface area contributed by atoms with Crippen LogP contribution in [0.15, 0.2) is 60.8 Å². The molecule has 0 radical (unpaired) electrons. The van der Waals surface area contributed by atoms with Crippen LogP contribution in [0.1, 0.15) is 22.8 Å². The van der Waals surface area contributed by atoms with E-state index in [2.05, 4.69) is 20.6 Å². The van der Waals surface area contributed by atoms with Crippen LogP contribution in [0.5, 0.6) is 0 Å². The molecular formula is C20H19FN4O. The minimum absolute atomic E-state index is 0.00535. The van der Waals surface area contributed by atoms with E-state index in [-0.39, 0.29) is 11.6 Å². The summed E-state index contributed by atoms with van der Waals surface area (Å²) in [5, 5.41) is 6.32. The Labute approximate surface area is 151 Å². The number of nitrogens with zero attached hydrogens (tertiary/aromatic N) is 2. The van der Waals surface area contributed by atoms with Crippen molar-refractivity contribution in [2.24, 2.45) is 0 Å². The number of hydrogen-bond acceptors (Lipinski definition) is 5. The van der Waals surface area contributed by atoms with Crippen molar-refractivity contribution in [3.05, 3.63) is 77.7 Å². The summed E-state index contributed by atoms with van der Waals surface area (Å²) in [6.07, 6.45) is 2.41. The van der Waals surface area contributed by atoms with E-state index in [9.17, 15) is 9.18 Å². The molecule has 2 aromatic carbocycles. The first kappa shape index (κ1) is 17.5. The van der Waals surface area contributed by atoms with Crippen LogP contribution in [0.25, 0.3) is 0 Å². The van der Waals surface area contributed by atoms with Gasteiger partial charge in [-0.25, -0.2) is 9.37 Å². The van der Waals surface area contributed by atoms with E-state index in [0.29, 0.717) is 23.9 Å². The molecule has 6 heteroatoms. The average molecular weight is 350 g/mol. The monoisotopic (exact) mass is 350 g/mol. The molecular weight excluding hydrogens is 331 g/mol. The summed E-state index contributed by atoms with van der Waals surface area (Å²) >= 11 is 0. The highest BCUT2D eigenvalue weighted by Gasteiger charge is 2.03. The van der Waals surface area contributed by atoms with Gasteiger partial charge in [0, 0.05) is 24.0 Å². The lowest BCUT2D eigenvalue weighted by Crippen LogP contribution is -2.08. The molecule has 0 aliphatic carbocycles. The van der Waals surface area contributed by atoms with E-state index in [4.69, 9.17) is 0 Å². The van der Waals surface area contributed by atoms with Gasteiger partial charge in [-0.3, -0.25) is 4.79 Å². The summed E-state index contributed by atoms with van der Waals surface area (Å²) in [4.78, 5) is 20.1. The Bertz CT molecular complexity index is 896. The number of nitrogens with one attached hydrogen (secondary N) is 2. The first-order valence-electron chi connectivity index (χ1n) is 8.29. The molecule has 3 rings (SSSR count). The van der Waals surface area contributed by atoms with Crippen molar-refractivity contribution in [3.63, 3.8) is 0 Å². The maximum absolute atomic E-state index is 12.9. The zero-order chi connectivity index (χ0) is 18.4. The Kier molecular flexibility index (Phi) is 5.53. The fourth-order valence-electron chi connectivity index (χ4n) is 2.45. The van der Waals surface area contributed by atoms with Gasteiger partial charge in [0.15, 0.2) is 5.78 Å². The summed E-state index contributed by atoms with van der Waals surface area (Å²) < 4.78 is 12.9. The number of carbonyl (C=O) groups is 1. The molecule has 0 amide bonds. The second kappa shape index (κ2) is 8.20. The van der Waals surface area contributed by atoms with Gasteiger partial charge in [-0.2, -0.15) is 4.98 Å². The zero-order valence-electron chi connectivity index (χ0n) is 14.4. The SMILES string of the molecule is CC(=O)c1cccc(Nc2nccc(NCCc3ccc(F)cc3)n2)c1. The summed E-state index contributed by atoms with van der Waals surface area (Å²) in [6.45, 7) is 2.20. The van der Waals surface area contributed by atoms with E-state index in [0.717, 1.165) is 17.7 Å². The van der Waals surface area contributed by atoms with Crippen LogP contribution in [0.2, 0.25) is 0 Å². The van der Waals surface area contributed by atoms with E-state index in [1.807, 2.05) is 12.1 Å². The second-order valence-corrected chi connectivity index (χ2v) is 5.83. The fourth-order valence-corrected chi connectivity index (χ4v) is 2.45. The topological polar surface area (TPSA) is 66.9 Å². The van der Waals surface area contributed by atoms with Gasteiger partial charge in [0.05, 0.1) is 0 Å². The van der Waals surface area contributed by atoms with Gasteiger partial charge in [0.2, 0.25) is 5.95 Å². The first-order chi connectivity index (χ1) is 12.6. The van der Waals surface area contributed by atoms with Crippen LogP contribution in [0.3, 0.4) is 0 Å². The minimum Gasteiger partial charge on any atom is -0.370 e. The molecule has 1 heterocycles. The number of rotatable bonds is 7. The molecule has 3 aromatic rings. The highest BCUT2D eigenvalue weighted by atomic mass is 19.1. The van der Waals surface area contributed by atoms with Crippen LogP contribution in [0, 0.1) is 5.82 Å². The molecule has 1 aromatic heterocycles. The largest absolute Gasteiger partial charge is 0.370 e. The first-order valence-corrected chi connectivity index (χ1v) is 8.29. The molecule has 0 aliphatic heterocycles. The smallest absolute Gasteiger partial charge is 0.229 e. The van der Waals surface area contributed by atoms with Crippen molar-refractivity contribution in [2.75, 3.05) is 17.2 Å². The maximum Gasteiger partial charge on any atom is 0.229 e. The summed E-state index contributed by atoms with van der Waals surface area (Å²) in [6, 6.07) is 15.4. The molecule has 2 N–H and O–H groups in total. The molecule has 0 saturated carbocycles. The Balaban J connectivity index is 1.60. The van der Waals surface area contributed by atoms with Crippen molar-refractivity contribution in [1.29, 1.82) is 0 Å². The van der Waals surface area contributed by atoms with Crippen LogP contribution in [0.4, 0.5) is 21.8 Å². The third-order valence-electron chi connectivity index (χ3n) is 3.81. The molecule has 0 saturated heterocycles. The predicted octanol–water partition coefficient (Wildman–Crippen LogP) is 4.22. The van der Waals surface area contributed by atoms with Crippen molar-refractivity contribution in [3.8, 4) is 0 Å². The standard InChI is InChI=1S/C20H19FN4O/c1-14(26)16-3-2-4-18(13-16)24-20-23-12-10-19(25-20)22-11-9-15-5-7-17(21)8-6-15/h2-8,10,12-13H,9,11H2,1H3,(H2,22,23,24,25). The Morgan fingerprint density at radius 1 is 1.12 bits per heavy atom. The lowest BCUT2D eigenvalue weighted by atomic mass is 10.1. The Hall–Kier alpha value is -3.28. The van der Waals surface area contributed by atoms with Gasteiger partial charge in [-0.05, 0) is 49.2 Å². The average Bonchev–Trinajstić information content (AvgIpc) is 2.64. The van der Waals surface area contributed by atoms with Crippen LogP contribution >= 0.6 is 0 Å². The van der Waals surface area contributed by atoms with Gasteiger partial charge in [-0.1, -0.05) is 24.3 Å². The molecule has 132 valence electrons. The zero-order valence-corrected chi connectivity index (χ0v) is 14.4. The van der Waals surface area contributed by atoms with Crippen molar-refractivity contribution in [2.45, 2.75) is 13.3 Å². The summed E-state index contributed by atoms with van der Waals surface area (Å²) in [5.74, 6) is 0.901. The normalized spacial score (nSPS) is 10.4. The summed E-state index contributed by atoms with van der Waals surface area (Å²) in [7, 11) is 0. The molecule has 0 aliphatic rings. The lowest BCUT2D eigenvalue weighted by molar-refractivity contribution is 0.101. The Morgan fingerprint density at radius 3 is 2.69 bits per heavy atom. The van der Waals surface area contributed by atoms with Gasteiger partial charge in [-0.15, -0.1) is 0 Å². The van der Waals surface area contributed by atoms with Crippen LogP contribution in [-0.2, 0) is 6.42 Å². The van der Waals surface area contributed by atoms with E-state index in [1.54, 1.807) is 36.5 Å². The maximum atomic E-state index is 12.9. The highest BCUT2D eigenvalue weighted by Crippen LogP contribution is 2.16. The third-order valence-corrected chi connectivity index (χ3v) is 3.81. The van der Waals surface area contributed by atoms with Crippen LogP contribution in [-0.4, -0.2) is 22.3 Å². The van der Waals surface area contributed by atoms with Gasteiger partial charge < -0.3 is 10.6 Å². The van der Waals surface area contributed by atoms with Crippen molar-refractivity contribution >= 4 is 23.2 Å². The molecule has 5 nitrogen and oxygen atoms in total. The number of ketones is 1. The quantitative estimate of drug-likeness (QED) is 0.625. The third kappa shape index (κ3) is 4.86. The predicted molar refractivity (Wildman–Crippen MR) is 100 cm³/mol. The van der Waals surface area contributed by atoms with E-state index >= 15 is 0 Å². The number of hydrogen-bond donors (Lipinski definition) is 2. The van der Waals surface area contributed by atoms with Gasteiger partial charge in [0.25, 0.3) is 0 Å². The summed E-state index contributed by atoms with van der Waals surface area (Å²) in [5.41, 5.74) is 2.43. The molecule has 0 atom stereocenters. The lowest BCUT2D eigenvalue weighted by Gasteiger charge is -2.09. The molecule has 0 fully saturated rings. The van der Waals surface area contributed by atoms with Gasteiger partial charge in [0.1, 0.15) is 11.6 Å². The molecule has 0 unspecified atom stereocenters. The highest BCUT2D eigenvalue weighted by molar-refractivity contribution is 5.95. The number of anilines is 3. The number of Topliss-reactive ketones (excluding diaryl/α,β-unsaturated/α-hetero) is 1. The number of carbonyl (C=O) groups excluding carboxylic acids is 1. The van der Waals surface area contributed by atoms with E-state index in [1.165, 1.54) is 19.1 Å². The number of halogens is 1. The minimum atomic E-state index is -0.234. The molecule has 0 spiro atoms. The van der Waals surface area contributed by atoms with Crippen molar-refractivity contribution in [1.82, 2.24) is 9.97 Å². The number of aromatic nitrogens is 2. The van der Waals surface area contributed by atoms with Crippen molar-refractivity contribution < 1.29 is 9.18 Å². The fraction of sp³-hybridized carbons (Fsp3) is 0.150.